The smallest absolute Gasteiger partial charge is 0.305 e. The Morgan fingerprint density at radius 2 is 0.656 bits per heavy atom. The Labute approximate surface area is 731 Å². The van der Waals surface area contributed by atoms with Crippen molar-refractivity contribution < 1.29 is 101 Å². The van der Waals surface area contributed by atoms with E-state index in [4.69, 9.17) is 40.1 Å². The molecule has 0 aromatic carbocycles. The van der Waals surface area contributed by atoms with Gasteiger partial charge >= 0.3 is 5.97 Å². The van der Waals surface area contributed by atoms with Gasteiger partial charge < -0.3 is 135 Å². The minimum absolute atomic E-state index is 0.0499. The van der Waals surface area contributed by atoms with Gasteiger partial charge in [0.15, 0.2) is 5.96 Å². The lowest BCUT2D eigenvalue weighted by Crippen LogP contribution is -2.63. The van der Waals surface area contributed by atoms with Gasteiger partial charge in [0.2, 0.25) is 106 Å². The summed E-state index contributed by atoms with van der Waals surface area (Å²) in [5, 5.41) is 60.7. The molecule has 0 aliphatic heterocycles. The Bertz CT molecular complexity index is 3620. The second-order valence-electron chi connectivity index (χ2n) is 33.2. The molecule has 125 heavy (non-hydrogen) atoms. The number of aliphatic hydroxyl groups is 1. The first-order valence-electron chi connectivity index (χ1n) is 42.8. The fourth-order valence-electron chi connectivity index (χ4n) is 12.5. The second-order valence-corrected chi connectivity index (χ2v) is 33.2. The summed E-state index contributed by atoms with van der Waals surface area (Å²) in [7, 11) is 0. The number of aliphatic hydroxyl groups excluding tert-OH is 1. The molecule has 45 nitrogen and oxygen atoms in total. The number of nitrogens with zero attached hydrogens (tertiary/aromatic N) is 1. The molecule has 0 saturated heterocycles. The van der Waals surface area contributed by atoms with Crippen molar-refractivity contribution in [2.75, 3.05) is 39.3 Å². The molecule has 0 spiro atoms. The molecular weight excluding hydrogens is 1630 g/mol. The average Bonchev–Trinajstić information content (AvgIpc) is 0.844. The highest BCUT2D eigenvalue weighted by atomic mass is 16.4. The van der Waals surface area contributed by atoms with E-state index in [0.717, 1.165) is 0 Å². The Hall–Kier alpha value is -11.0. The number of carbonyl (C=O) groups is 19. The number of rotatable bonds is 62. The number of amides is 18. The Balaban J connectivity index is 6.99. The van der Waals surface area contributed by atoms with E-state index in [1.807, 2.05) is 0 Å². The zero-order valence-corrected chi connectivity index (χ0v) is 75.6. The first kappa shape index (κ1) is 114. The number of aliphatic carboxylic acids is 1. The highest BCUT2D eigenvalue weighted by Crippen LogP contribution is 2.18. The van der Waals surface area contributed by atoms with Crippen molar-refractivity contribution in [2.45, 2.75) is 298 Å². The Morgan fingerprint density at radius 3 is 1.06 bits per heavy atom. The van der Waals surface area contributed by atoms with Crippen molar-refractivity contribution in [3.05, 3.63) is 0 Å². The van der Waals surface area contributed by atoms with E-state index in [-0.39, 0.29) is 89.3 Å². The zero-order valence-electron chi connectivity index (χ0n) is 75.6. The van der Waals surface area contributed by atoms with E-state index >= 15 is 0 Å². The van der Waals surface area contributed by atoms with Crippen LogP contribution in [0.4, 0.5) is 0 Å². The fourth-order valence-corrected chi connectivity index (χ4v) is 12.5. The van der Waals surface area contributed by atoms with Crippen LogP contribution in [0.15, 0.2) is 4.99 Å². The van der Waals surface area contributed by atoms with Crippen LogP contribution in [0, 0.1) is 47.3 Å². The molecule has 712 valence electrons. The number of carboxylic acids is 1. The summed E-state index contributed by atoms with van der Waals surface area (Å²) in [4.78, 5) is 264. The van der Waals surface area contributed by atoms with E-state index < -0.39 is 277 Å². The molecule has 0 aliphatic carbocycles. The third-order valence-corrected chi connectivity index (χ3v) is 20.7. The molecule has 45 heteroatoms. The second kappa shape index (κ2) is 59.0. The van der Waals surface area contributed by atoms with Gasteiger partial charge in [0.25, 0.3) is 0 Å². The normalized spacial score (nSPS) is 15.6. The van der Waals surface area contributed by atoms with Crippen molar-refractivity contribution in [3.63, 3.8) is 0 Å². The first-order valence-corrected chi connectivity index (χ1v) is 42.8. The summed E-state index contributed by atoms with van der Waals surface area (Å²) in [6.45, 7) is 25.4. The minimum atomic E-state index is -1.81. The molecule has 0 rings (SSSR count). The maximum atomic E-state index is 14.6. The van der Waals surface area contributed by atoms with Crippen molar-refractivity contribution in [3.8, 4) is 0 Å². The summed E-state index contributed by atoms with van der Waals surface area (Å²) < 4.78 is 0. The number of unbranched alkanes of at least 4 members (excludes halogenated alkanes) is 2. The molecule has 0 bridgehead atoms. The largest absolute Gasteiger partial charge is 0.481 e. The molecule has 3 unspecified atom stereocenters. The molecule has 0 radical (unpaired) electrons. The number of hydrogen-bond donors (Lipinski definition) is 25. The molecule has 0 heterocycles. The SMILES string of the molecule is CCC(C)[C@H](NC(=O)[C@H](CC(C)C)NC(=O)[C@H](CC(=O)O)NC(=O)CNC(=O)[C@@H](NC(=O)CN)C(C)C)C(=O)N[C@@H](CCCN=C(N)N)C(=O)N[C@@H](CCCCN)C(=O)N[C@@H](C)C(=O)N[C@H](C(=O)N[C@@H](CO)C(=O)N[C@H](C(=O)N[C@H](C(=O)N[C@@H](CCCCN)C(=O)N[C@@H](CC(N)=O)C(=O)N[C@H](C(=O)N[C@H](C(N)=O)C(C)C)C(C)CC)C(C)CC)C(C)C)C(C)C. The minimum Gasteiger partial charge on any atom is -0.481 e. The van der Waals surface area contributed by atoms with Crippen LogP contribution < -0.4 is 125 Å². The fraction of sp³-hybridized carbons (Fsp3) is 0.750. The average molecular weight is 1780 g/mol. The maximum Gasteiger partial charge on any atom is 0.305 e. The van der Waals surface area contributed by atoms with Gasteiger partial charge in [-0.15, -0.1) is 0 Å². The summed E-state index contributed by atoms with van der Waals surface area (Å²) in [5.41, 5.74) is 39.2. The van der Waals surface area contributed by atoms with Crippen LogP contribution in [0.1, 0.15) is 208 Å². The van der Waals surface area contributed by atoms with Crippen LogP contribution in [-0.4, -0.2) is 258 Å². The van der Waals surface area contributed by atoms with Crippen LogP contribution in [-0.2, 0) is 91.1 Å². The van der Waals surface area contributed by atoms with Crippen molar-refractivity contribution in [2.24, 2.45) is 92.5 Å². The number of aliphatic imine (C=N–C) groups is 1. The Morgan fingerprint density at radius 1 is 0.328 bits per heavy atom. The van der Waals surface area contributed by atoms with Gasteiger partial charge in [-0.1, -0.05) is 130 Å². The maximum absolute atomic E-state index is 14.6. The lowest BCUT2D eigenvalue weighted by molar-refractivity contribution is -0.141. The number of carboxylic acid groups (broad SMARTS) is 1. The first-order chi connectivity index (χ1) is 58.4. The quantitative estimate of drug-likeness (QED) is 0.0153. The van der Waals surface area contributed by atoms with Crippen LogP contribution in [0.3, 0.4) is 0 Å². The molecule has 18 atom stereocenters. The van der Waals surface area contributed by atoms with Gasteiger partial charge in [0, 0.05) is 6.54 Å². The number of nitrogens with one attached hydrogen (secondary N) is 16. The summed E-state index contributed by atoms with van der Waals surface area (Å²) in [5.74, 6) is -23.2. The van der Waals surface area contributed by atoms with Crippen LogP contribution in [0.25, 0.3) is 0 Å². The van der Waals surface area contributed by atoms with Crippen molar-refractivity contribution in [1.82, 2.24) is 85.1 Å². The van der Waals surface area contributed by atoms with Gasteiger partial charge in [-0.05, 0) is 125 Å². The predicted molar refractivity (Wildman–Crippen MR) is 462 cm³/mol. The van der Waals surface area contributed by atoms with E-state index in [1.165, 1.54) is 20.8 Å². The van der Waals surface area contributed by atoms with Crippen molar-refractivity contribution >= 4 is 118 Å². The molecule has 18 amide bonds. The number of primary amides is 2. The van der Waals surface area contributed by atoms with Gasteiger partial charge in [0.05, 0.1) is 32.5 Å². The predicted octanol–water partition coefficient (Wildman–Crippen LogP) is -6.70. The summed E-state index contributed by atoms with van der Waals surface area (Å²) >= 11 is 0. The summed E-state index contributed by atoms with van der Waals surface area (Å²) in [6, 6.07) is -21.9. The zero-order chi connectivity index (χ0) is 96.0. The number of carbonyl (C=O) groups excluding carboxylic acids is 18. The third-order valence-electron chi connectivity index (χ3n) is 20.7. The Kier molecular flexibility index (Phi) is 53.9. The van der Waals surface area contributed by atoms with E-state index in [9.17, 15) is 101 Å². The topological polar surface area (TPSA) is 752 Å². The number of guanidine groups is 1. The lowest BCUT2D eigenvalue weighted by Gasteiger charge is -2.31. The van der Waals surface area contributed by atoms with Gasteiger partial charge in [-0.3, -0.25) is 96.1 Å². The lowest BCUT2D eigenvalue weighted by atomic mass is 9.95. The van der Waals surface area contributed by atoms with Crippen LogP contribution >= 0.6 is 0 Å². The molecular formula is C80H146N24O21. The van der Waals surface area contributed by atoms with E-state index in [0.29, 0.717) is 19.3 Å². The standard InChI is InChI=1S/C80H146N24O21/c1-18-43(14)62(102-71(117)50(32-38(4)5)95-70(116)52(34-57(109)110)91-56(108)36-89-74(120)59(40(8)9)98-55(107)35-83)77(123)94-49(28-25-31-88-80(86)87)68(114)92-47(26-21-23-29-81)67(113)90-46(17)66(112)100-60(41(10)11)75(121)97-53(37-105)73(119)101-61(42(12)13)76(122)104-63(44(15)19-2)78(124)93-48(27-22-24-30-82)69(115)96-51(33-54(84)106)72(118)103-64(45(16)20-3)79(125)99-58(39(6)7)65(85)111/h38-53,58-64,105H,18-37,81-83H2,1-17H3,(H2,84,106)(H2,85,111)(H,89,120)(H,90,113)(H,91,108)(H,92,114)(H,93,124)(H,94,123)(H,95,116)(H,96,115)(H,97,121)(H,98,107)(H,99,125)(H,100,112)(H,101,119)(H,102,117)(H,103,118)(H,104,122)(H,109,110)(H4,86,87,88)/t43?,44?,45?,46-,47-,48-,49-,50-,51-,52-,53-,58-,59-,60-,61-,62-,63-,64-/m0/s1. The molecule has 32 N–H and O–H groups in total. The highest BCUT2D eigenvalue weighted by molar-refractivity contribution is 6.02. The third kappa shape index (κ3) is 42.5. The molecule has 0 saturated carbocycles. The molecule has 0 aliphatic rings. The highest BCUT2D eigenvalue weighted by Gasteiger charge is 2.41. The summed E-state index contributed by atoms with van der Waals surface area (Å²) in [6.07, 6.45) is -0.0671. The molecule has 0 fully saturated rings. The molecule has 0 aromatic heterocycles. The number of hydrogen-bond acceptors (Lipinski definition) is 24. The van der Waals surface area contributed by atoms with Gasteiger partial charge in [-0.25, -0.2) is 0 Å². The van der Waals surface area contributed by atoms with Crippen LogP contribution in [0.2, 0.25) is 0 Å². The van der Waals surface area contributed by atoms with E-state index in [2.05, 4.69) is 90.1 Å². The van der Waals surface area contributed by atoms with Gasteiger partial charge in [0.1, 0.15) is 90.6 Å². The molecule has 0 aromatic rings. The van der Waals surface area contributed by atoms with E-state index in [1.54, 1.807) is 96.9 Å². The van der Waals surface area contributed by atoms with Gasteiger partial charge in [-0.2, -0.15) is 0 Å². The van der Waals surface area contributed by atoms with Crippen LogP contribution in [0.5, 0.6) is 0 Å². The monoisotopic (exact) mass is 1780 g/mol. The van der Waals surface area contributed by atoms with Crippen molar-refractivity contribution in [1.29, 1.82) is 0 Å². The number of nitrogens with two attached hydrogens (primary N) is 7.